The lowest BCUT2D eigenvalue weighted by Gasteiger charge is -2.30. The van der Waals surface area contributed by atoms with Crippen LogP contribution in [0.15, 0.2) is 267 Å². The van der Waals surface area contributed by atoms with Gasteiger partial charge in [-0.25, -0.2) is 24.9 Å². The van der Waals surface area contributed by atoms with E-state index in [0.29, 0.717) is 51.2 Å². The van der Waals surface area contributed by atoms with E-state index in [1.54, 1.807) is 12.1 Å². The van der Waals surface area contributed by atoms with Gasteiger partial charge in [-0.2, -0.15) is 0 Å². The van der Waals surface area contributed by atoms with Crippen LogP contribution in [0.5, 0.6) is 11.5 Å². The summed E-state index contributed by atoms with van der Waals surface area (Å²) in [6.45, 7) is 25.6. The molecule has 16 nitrogen and oxygen atoms in total. The minimum absolute atomic E-state index is 0.0250. The number of aromatic nitrogens is 5. The number of hydrogen-bond donors (Lipinski definition) is 0. The smallest absolute Gasteiger partial charge is 0.272 e. The van der Waals surface area contributed by atoms with Crippen molar-refractivity contribution in [3.8, 4) is 78.9 Å². The van der Waals surface area contributed by atoms with Gasteiger partial charge in [-0.05, 0) is 246 Å². The highest BCUT2D eigenvalue weighted by Crippen LogP contribution is 2.32. The van der Waals surface area contributed by atoms with Crippen LogP contribution in [0.25, 0.3) is 67.4 Å². The van der Waals surface area contributed by atoms with Gasteiger partial charge in [-0.3, -0.25) is 24.0 Å². The van der Waals surface area contributed by atoms with E-state index in [1.165, 1.54) is 22.3 Å². The number of benzene rings is 7. The molecule has 0 radical (unpaired) electrons. The molecule has 17 rings (SSSR count). The molecule has 0 N–H and O–H groups in total. The van der Waals surface area contributed by atoms with Crippen molar-refractivity contribution in [1.82, 2.24) is 49.4 Å². The Morgan fingerprint density at radius 2 is 0.549 bits per heavy atom. The van der Waals surface area contributed by atoms with E-state index in [-0.39, 0.29) is 29.5 Å². The molecule has 12 aromatic rings. The molecule has 0 spiro atoms. The lowest BCUT2D eigenvalue weighted by Crippen LogP contribution is -2.38. The summed E-state index contributed by atoms with van der Waals surface area (Å²) < 4.78 is 5.84. The molecule has 626 valence electrons. The van der Waals surface area contributed by atoms with E-state index in [4.69, 9.17) is 16.3 Å². The minimum atomic E-state index is 0.0250. The zero-order chi connectivity index (χ0) is 85.4. The molecule has 0 unspecified atom stereocenters. The highest BCUT2D eigenvalue weighted by Gasteiger charge is 2.28. The van der Waals surface area contributed by atoms with Gasteiger partial charge in [0.15, 0.2) is 0 Å². The Bertz CT molecular complexity index is 5480. The summed E-state index contributed by atoms with van der Waals surface area (Å²) in [4.78, 5) is 96.1. The lowest BCUT2D eigenvalue weighted by molar-refractivity contribution is 0.0684. The van der Waals surface area contributed by atoms with E-state index < -0.39 is 0 Å². The van der Waals surface area contributed by atoms with Crippen molar-refractivity contribution >= 4 is 41.1 Å². The number of rotatable bonds is 13. The number of carbonyl (C=O) groups excluding carboxylic acids is 5. The fourth-order valence-electron chi connectivity index (χ4n) is 15.6. The van der Waals surface area contributed by atoms with Crippen LogP contribution in [-0.4, -0.2) is 144 Å². The number of aryl methyl sites for hydroxylation is 3. The molecular weight excluding hydrogens is 1530 g/mol. The van der Waals surface area contributed by atoms with Crippen LogP contribution in [-0.2, 0) is 0 Å². The van der Waals surface area contributed by atoms with E-state index in [0.717, 1.165) is 215 Å². The zero-order valence-electron chi connectivity index (χ0n) is 71.7. The van der Waals surface area contributed by atoms with Crippen molar-refractivity contribution < 1.29 is 28.7 Å². The first-order valence-electron chi connectivity index (χ1n) is 43.4. The summed E-state index contributed by atoms with van der Waals surface area (Å²) in [6.07, 6.45) is 10.8. The van der Waals surface area contributed by atoms with Crippen molar-refractivity contribution in [3.05, 3.63) is 317 Å². The number of hydrogen-bond acceptors (Lipinski definition) is 11. The Morgan fingerprint density at radius 1 is 0.270 bits per heavy atom. The number of halogens is 1. The molecule has 0 atom stereocenters. The molecule has 10 heterocycles. The molecule has 5 saturated heterocycles. The fraction of sp³-hybridized carbons (Fsp3) is 0.314. The van der Waals surface area contributed by atoms with Gasteiger partial charge in [0.1, 0.15) is 40.0 Å². The first-order valence-corrected chi connectivity index (χ1v) is 43.8. The second-order valence-corrected chi connectivity index (χ2v) is 33.9. The zero-order valence-corrected chi connectivity index (χ0v) is 72.5. The molecular formula is C105H113ClN10O6. The average Bonchev–Trinajstić information content (AvgIpc) is 0.829. The number of piperidine rings is 5. The van der Waals surface area contributed by atoms with Gasteiger partial charge in [0, 0.05) is 98.3 Å². The number of likely N-dealkylation sites (tertiary alicyclic amines) is 5. The molecule has 0 saturated carbocycles. The molecule has 5 aliphatic rings. The molecule has 0 bridgehead atoms. The highest BCUT2D eigenvalue weighted by atomic mass is 35.5. The van der Waals surface area contributed by atoms with E-state index in [1.807, 2.05) is 226 Å². The molecule has 5 fully saturated rings. The van der Waals surface area contributed by atoms with Crippen LogP contribution in [0, 0.1) is 50.4 Å². The highest BCUT2D eigenvalue weighted by molar-refractivity contribution is 6.31. The summed E-state index contributed by atoms with van der Waals surface area (Å²) in [7, 11) is 0. The third kappa shape index (κ3) is 24.1. The molecule has 7 aromatic carbocycles. The Hall–Kier alpha value is -12.3. The Labute approximate surface area is 725 Å². The second kappa shape index (κ2) is 42.8. The third-order valence-electron chi connectivity index (χ3n) is 23.8. The lowest BCUT2D eigenvalue weighted by atomic mass is 9.99. The predicted octanol–water partition coefficient (Wildman–Crippen LogP) is 23.1. The second-order valence-electron chi connectivity index (χ2n) is 33.4. The summed E-state index contributed by atoms with van der Waals surface area (Å²) in [6, 6.07) is 86.7. The van der Waals surface area contributed by atoms with Crippen molar-refractivity contribution in [2.24, 2.45) is 29.6 Å². The number of amides is 5. The maximum Gasteiger partial charge on any atom is 0.272 e. The van der Waals surface area contributed by atoms with Gasteiger partial charge in [0.2, 0.25) is 0 Å². The number of pyridine rings is 5. The number of carbonyl (C=O) groups is 5. The SMILES string of the molecule is CC1CCN(C(=O)c2cccc(-c3ccc(-c4ccccc4)cc3)n2)CC1.CC1CCN(C(=O)c2cccc(-c3ccc(Oc4ccccc4)cc3)n2)CC1.Cc1ccc(-c2cccc(C(=O)N3CCC(C)CC3)n2)cc1Cl.Cc1cccc(-c2cccc(C(=O)N3CCC(C)CC3)n2)c1.Cc1ccccc1-c1cccc(C(=O)N2CCC(C)CC2)n1. The van der Waals surface area contributed by atoms with E-state index >= 15 is 0 Å². The first-order chi connectivity index (χ1) is 59.2. The molecule has 0 aliphatic carbocycles. The van der Waals surface area contributed by atoms with Gasteiger partial charge >= 0.3 is 0 Å². The van der Waals surface area contributed by atoms with Crippen molar-refractivity contribution in [1.29, 1.82) is 0 Å². The van der Waals surface area contributed by atoms with Crippen LogP contribution in [0.4, 0.5) is 0 Å². The fourth-order valence-corrected chi connectivity index (χ4v) is 15.8. The average molecular weight is 1650 g/mol. The summed E-state index contributed by atoms with van der Waals surface area (Å²) >= 11 is 6.20. The largest absolute Gasteiger partial charge is 0.457 e. The van der Waals surface area contributed by atoms with Crippen molar-refractivity contribution in [3.63, 3.8) is 0 Å². The third-order valence-corrected chi connectivity index (χ3v) is 24.2. The quantitative estimate of drug-likeness (QED) is 0.107. The molecule has 122 heavy (non-hydrogen) atoms. The molecule has 5 aliphatic heterocycles. The monoisotopic (exact) mass is 1640 g/mol. The van der Waals surface area contributed by atoms with Gasteiger partial charge in [-0.15, -0.1) is 0 Å². The summed E-state index contributed by atoms with van der Waals surface area (Å²) in [5.41, 5.74) is 17.6. The van der Waals surface area contributed by atoms with Crippen molar-refractivity contribution in [2.45, 2.75) is 120 Å². The minimum Gasteiger partial charge on any atom is -0.457 e. The normalized spacial score (nSPS) is 15.3. The van der Waals surface area contributed by atoms with Gasteiger partial charge < -0.3 is 29.2 Å². The Kier molecular flexibility index (Phi) is 30.7. The first kappa shape index (κ1) is 87.5. The van der Waals surface area contributed by atoms with Crippen molar-refractivity contribution in [2.75, 3.05) is 65.4 Å². The maximum absolute atomic E-state index is 12.8. The van der Waals surface area contributed by atoms with E-state index in [2.05, 4.69) is 134 Å². The van der Waals surface area contributed by atoms with Crippen LogP contribution in [0.3, 0.4) is 0 Å². The number of ether oxygens (including phenoxy) is 1. The summed E-state index contributed by atoms with van der Waals surface area (Å²) in [5, 5.41) is 0.714. The number of para-hydroxylation sites is 1. The van der Waals surface area contributed by atoms with Crippen LogP contribution in [0.1, 0.15) is 168 Å². The molecule has 5 aromatic heterocycles. The molecule has 5 amide bonds. The Morgan fingerprint density at radius 3 is 0.918 bits per heavy atom. The standard InChI is InChI=1S/C24H24N2O2.C24H24N2O.C19H21ClN2O.2C19H22N2O/c1-18-14-16-26(17-15-18)24(27)23-9-5-8-22(25-23)19-10-12-21(13-11-19)28-20-6-3-2-4-7-20;1-18-14-16-26(17-15-18)24(27)23-9-5-8-22(25-23)21-12-10-20(11-13-21)19-6-3-2-4-7-19;1-13-8-10-22(11-9-13)19(23)18-5-3-4-17(21-18)15-7-6-14(2)16(20)12-15;1-14-9-11-21(12-10-14)19(22)18-8-4-7-17(20-18)16-6-3-5-15(2)13-16;1-14-10-12-21(13-11-14)19(22)18-9-5-8-17(20-18)16-7-4-3-6-15(16)2/h2-13,18H,14-17H2,1H3;2-13,18H,14-17H2,1H3;3-7,12-13H,8-11H2,1-2H3;3-8,13-14H,9-12H2,1-2H3;3-9,14H,10-13H2,1-2H3. The summed E-state index contributed by atoms with van der Waals surface area (Å²) in [5.74, 6) is 5.32. The topological polar surface area (TPSA) is 175 Å². The van der Waals surface area contributed by atoms with Gasteiger partial charge in [0.05, 0.1) is 28.5 Å². The van der Waals surface area contributed by atoms with Crippen LogP contribution < -0.4 is 4.74 Å². The molecule has 17 heteroatoms. The number of nitrogens with zero attached hydrogens (tertiary/aromatic N) is 10. The maximum atomic E-state index is 12.8. The van der Waals surface area contributed by atoms with Gasteiger partial charge in [-0.1, -0.05) is 210 Å². The van der Waals surface area contributed by atoms with E-state index in [9.17, 15) is 24.0 Å². The van der Waals surface area contributed by atoms with Gasteiger partial charge in [0.25, 0.3) is 29.5 Å². The van der Waals surface area contributed by atoms with Crippen LogP contribution >= 0.6 is 11.6 Å². The predicted molar refractivity (Wildman–Crippen MR) is 491 cm³/mol. The Balaban J connectivity index is 0.000000132. The van der Waals surface area contributed by atoms with Crippen LogP contribution in [0.2, 0.25) is 5.02 Å².